The molecule has 0 spiro atoms. The van der Waals surface area contributed by atoms with Crippen molar-refractivity contribution in [1.29, 1.82) is 0 Å². The van der Waals surface area contributed by atoms with Gasteiger partial charge in [-0.25, -0.2) is 0 Å². The van der Waals surface area contributed by atoms with Gasteiger partial charge < -0.3 is 10.6 Å². The molecular weight excluding hydrogens is 183 g/mol. The molecule has 1 aliphatic heterocycles. The van der Waals surface area contributed by atoms with Gasteiger partial charge in [0, 0.05) is 25.7 Å². The molecule has 2 aliphatic rings. The molecule has 0 bridgehead atoms. The van der Waals surface area contributed by atoms with Crippen LogP contribution >= 0.6 is 24.8 Å². The van der Waals surface area contributed by atoms with Gasteiger partial charge in [-0.15, -0.1) is 24.8 Å². The van der Waals surface area contributed by atoms with Gasteiger partial charge in [0.15, 0.2) is 0 Å². The Balaban J connectivity index is 0.000000500. The highest BCUT2D eigenvalue weighted by molar-refractivity contribution is 5.85. The third kappa shape index (κ3) is 3.16. The normalized spacial score (nSPS) is 30.0. The highest BCUT2D eigenvalue weighted by Crippen LogP contribution is 2.32. The lowest BCUT2D eigenvalue weighted by molar-refractivity contribution is 0.385. The van der Waals surface area contributed by atoms with Crippen LogP contribution in [0.15, 0.2) is 0 Å². The van der Waals surface area contributed by atoms with Crippen molar-refractivity contribution in [1.82, 2.24) is 10.6 Å². The molecule has 2 nitrogen and oxygen atoms in total. The van der Waals surface area contributed by atoms with E-state index >= 15 is 0 Å². The van der Waals surface area contributed by atoms with Gasteiger partial charge in [-0.05, 0) is 18.8 Å². The number of nitrogens with one attached hydrogen (secondary N) is 2. The minimum absolute atomic E-state index is 0. The molecule has 1 saturated carbocycles. The van der Waals surface area contributed by atoms with Crippen LogP contribution in [0.2, 0.25) is 0 Å². The molecule has 0 amide bonds. The van der Waals surface area contributed by atoms with Crippen LogP contribution in [0.4, 0.5) is 0 Å². The third-order valence-corrected chi connectivity index (χ3v) is 2.26. The van der Waals surface area contributed by atoms with Crippen LogP contribution in [0.1, 0.15) is 12.8 Å². The van der Waals surface area contributed by atoms with E-state index in [-0.39, 0.29) is 24.8 Å². The summed E-state index contributed by atoms with van der Waals surface area (Å²) in [4.78, 5) is 0. The van der Waals surface area contributed by atoms with Gasteiger partial charge in [0.25, 0.3) is 0 Å². The quantitative estimate of drug-likeness (QED) is 0.652. The molecule has 2 rings (SSSR count). The minimum atomic E-state index is 0. The van der Waals surface area contributed by atoms with Crippen molar-refractivity contribution in [3.8, 4) is 0 Å². The Bertz CT molecular complexity index is 101. The lowest BCUT2D eigenvalue weighted by Gasteiger charge is -2.23. The van der Waals surface area contributed by atoms with E-state index in [0.717, 1.165) is 18.5 Å². The Morgan fingerprint density at radius 1 is 1.00 bits per heavy atom. The molecule has 68 valence electrons. The van der Waals surface area contributed by atoms with E-state index < -0.39 is 0 Å². The number of rotatable bonds is 1. The monoisotopic (exact) mass is 198 g/mol. The smallest absolute Gasteiger partial charge is 0.0221 e. The van der Waals surface area contributed by atoms with Crippen molar-refractivity contribution >= 4 is 24.8 Å². The molecule has 2 fully saturated rings. The van der Waals surface area contributed by atoms with Crippen molar-refractivity contribution in [2.75, 3.05) is 19.6 Å². The molecule has 0 unspecified atom stereocenters. The molecule has 0 radical (unpaired) electrons. The molecule has 11 heavy (non-hydrogen) atoms. The van der Waals surface area contributed by atoms with E-state index in [1.54, 1.807) is 0 Å². The summed E-state index contributed by atoms with van der Waals surface area (Å²) in [5.74, 6) is 1.01. The van der Waals surface area contributed by atoms with E-state index in [0.29, 0.717) is 0 Å². The van der Waals surface area contributed by atoms with E-state index in [2.05, 4.69) is 10.6 Å². The zero-order valence-electron chi connectivity index (χ0n) is 6.51. The molecule has 0 aromatic carbocycles. The van der Waals surface area contributed by atoms with Crippen LogP contribution in [0.25, 0.3) is 0 Å². The van der Waals surface area contributed by atoms with Gasteiger partial charge in [0.2, 0.25) is 0 Å². The molecular formula is C7H16Cl2N2. The second-order valence-corrected chi connectivity index (χ2v) is 3.10. The zero-order valence-corrected chi connectivity index (χ0v) is 8.14. The summed E-state index contributed by atoms with van der Waals surface area (Å²) in [7, 11) is 0. The highest BCUT2D eigenvalue weighted by atomic mass is 35.5. The van der Waals surface area contributed by atoms with Gasteiger partial charge in [0.1, 0.15) is 0 Å². The van der Waals surface area contributed by atoms with Crippen molar-refractivity contribution < 1.29 is 0 Å². The van der Waals surface area contributed by atoms with E-state index in [1.807, 2.05) is 0 Å². The number of hydrogen-bond donors (Lipinski definition) is 2. The average molecular weight is 199 g/mol. The van der Waals surface area contributed by atoms with Crippen molar-refractivity contribution in [3.63, 3.8) is 0 Å². The van der Waals surface area contributed by atoms with Crippen molar-refractivity contribution in [2.45, 2.75) is 18.9 Å². The molecule has 2 N–H and O–H groups in total. The summed E-state index contributed by atoms with van der Waals surface area (Å²) in [6.45, 7) is 3.52. The van der Waals surface area contributed by atoms with E-state index in [1.165, 1.54) is 25.9 Å². The first-order chi connectivity index (χ1) is 4.47. The maximum absolute atomic E-state index is 3.52. The molecule has 1 heterocycles. The van der Waals surface area contributed by atoms with Gasteiger partial charge in [-0.1, -0.05) is 0 Å². The maximum atomic E-state index is 3.52. The second-order valence-electron chi connectivity index (χ2n) is 3.10. The lowest BCUT2D eigenvalue weighted by atomic mass is 10.1. The summed E-state index contributed by atoms with van der Waals surface area (Å²) in [5, 5.41) is 6.91. The van der Waals surface area contributed by atoms with Crippen LogP contribution < -0.4 is 10.6 Å². The number of hydrogen-bond acceptors (Lipinski definition) is 2. The SMILES string of the molecule is C1CN[C@@H](C2CC2)CN1.Cl.Cl. The van der Waals surface area contributed by atoms with Gasteiger partial charge in [-0.3, -0.25) is 0 Å². The summed E-state index contributed by atoms with van der Waals surface area (Å²) in [6.07, 6.45) is 2.92. The summed E-state index contributed by atoms with van der Waals surface area (Å²) in [6, 6.07) is 0.804. The fourth-order valence-electron chi connectivity index (χ4n) is 1.51. The van der Waals surface area contributed by atoms with Gasteiger partial charge >= 0.3 is 0 Å². The van der Waals surface area contributed by atoms with Gasteiger partial charge in [0.05, 0.1) is 0 Å². The van der Waals surface area contributed by atoms with Crippen LogP contribution in [-0.4, -0.2) is 25.7 Å². The standard InChI is InChI=1S/C7H14N2.2ClH/c1-2-6(1)7-5-8-3-4-9-7;;/h6-9H,1-5H2;2*1H/t7-;;/m1../s1. The second kappa shape index (κ2) is 5.20. The van der Waals surface area contributed by atoms with Crippen LogP contribution in [0, 0.1) is 5.92 Å². The zero-order chi connectivity index (χ0) is 6.10. The summed E-state index contributed by atoms with van der Waals surface area (Å²) in [5.41, 5.74) is 0. The minimum Gasteiger partial charge on any atom is -0.314 e. The van der Waals surface area contributed by atoms with Crippen molar-refractivity contribution in [3.05, 3.63) is 0 Å². The summed E-state index contributed by atoms with van der Waals surface area (Å²) >= 11 is 0. The van der Waals surface area contributed by atoms with Gasteiger partial charge in [-0.2, -0.15) is 0 Å². The fourth-order valence-corrected chi connectivity index (χ4v) is 1.51. The molecule has 0 aromatic rings. The molecule has 4 heteroatoms. The Morgan fingerprint density at radius 3 is 2.18 bits per heavy atom. The Kier molecular flexibility index (Phi) is 5.44. The lowest BCUT2D eigenvalue weighted by Crippen LogP contribution is -2.49. The van der Waals surface area contributed by atoms with Crippen LogP contribution in [-0.2, 0) is 0 Å². The Hall–Kier alpha value is 0.500. The Morgan fingerprint density at radius 2 is 1.73 bits per heavy atom. The molecule has 1 atom stereocenters. The summed E-state index contributed by atoms with van der Waals surface area (Å²) < 4.78 is 0. The Labute approximate surface area is 80.3 Å². The fraction of sp³-hybridized carbons (Fsp3) is 1.00. The van der Waals surface area contributed by atoms with Crippen molar-refractivity contribution in [2.24, 2.45) is 5.92 Å². The molecule has 0 aromatic heterocycles. The topological polar surface area (TPSA) is 24.1 Å². The first-order valence-corrected chi connectivity index (χ1v) is 3.91. The number of piperazine rings is 1. The maximum Gasteiger partial charge on any atom is 0.0221 e. The van der Waals surface area contributed by atoms with E-state index in [9.17, 15) is 0 Å². The predicted molar refractivity (Wildman–Crippen MR) is 51.9 cm³/mol. The first-order valence-electron chi connectivity index (χ1n) is 3.91. The largest absolute Gasteiger partial charge is 0.314 e. The first kappa shape index (κ1) is 11.5. The number of halogens is 2. The molecule has 1 aliphatic carbocycles. The van der Waals surface area contributed by atoms with Crippen LogP contribution in [0.3, 0.4) is 0 Å². The van der Waals surface area contributed by atoms with Crippen LogP contribution in [0.5, 0.6) is 0 Å². The van der Waals surface area contributed by atoms with E-state index in [4.69, 9.17) is 0 Å². The average Bonchev–Trinajstić information content (AvgIpc) is 2.71. The molecule has 1 saturated heterocycles. The predicted octanol–water partition coefficient (Wildman–Crippen LogP) is 0.801. The third-order valence-electron chi connectivity index (χ3n) is 2.26. The highest BCUT2D eigenvalue weighted by Gasteiger charge is 2.31.